The van der Waals surface area contributed by atoms with Crippen molar-refractivity contribution in [2.24, 2.45) is 11.0 Å². The average Bonchev–Trinajstić information content (AvgIpc) is 3.75. The van der Waals surface area contributed by atoms with Gasteiger partial charge in [0.2, 0.25) is 5.89 Å². The zero-order valence-corrected chi connectivity index (χ0v) is 27.3. The highest BCUT2D eigenvalue weighted by atomic mass is 16.4. The molecule has 0 saturated heterocycles. The van der Waals surface area contributed by atoms with Crippen LogP contribution < -0.4 is 9.80 Å². The lowest BCUT2D eigenvalue weighted by Gasteiger charge is -2.30. The summed E-state index contributed by atoms with van der Waals surface area (Å²) in [7, 11) is 8.17. The molecular formula is C40H39N5O2. The zero-order chi connectivity index (χ0) is 32.5. The van der Waals surface area contributed by atoms with Crippen molar-refractivity contribution in [2.45, 2.75) is 25.3 Å². The van der Waals surface area contributed by atoms with Gasteiger partial charge in [-0.15, -0.1) is 0 Å². The van der Waals surface area contributed by atoms with Crippen LogP contribution in [0.15, 0.2) is 124 Å². The van der Waals surface area contributed by atoms with Gasteiger partial charge in [-0.25, -0.2) is 9.99 Å². The number of rotatable bonds is 7. The summed E-state index contributed by atoms with van der Waals surface area (Å²) in [6, 6.07) is 34.3. The Kier molecular flexibility index (Phi) is 8.21. The maximum absolute atomic E-state index is 14.3. The summed E-state index contributed by atoms with van der Waals surface area (Å²) >= 11 is 0. The summed E-state index contributed by atoms with van der Waals surface area (Å²) in [6.07, 6.45) is 6.95. The Morgan fingerprint density at radius 1 is 0.809 bits per heavy atom. The van der Waals surface area contributed by atoms with Crippen molar-refractivity contribution in [1.82, 2.24) is 9.99 Å². The number of oxazole rings is 1. The number of benzene rings is 4. The molecule has 0 radical (unpaired) electrons. The number of fused-ring (bicyclic) bond motifs is 1. The van der Waals surface area contributed by atoms with E-state index in [1.807, 2.05) is 82.8 Å². The van der Waals surface area contributed by atoms with Crippen LogP contribution in [-0.2, 0) is 0 Å². The van der Waals surface area contributed by atoms with Crippen LogP contribution in [0.25, 0.3) is 28.9 Å². The molecule has 4 aromatic carbocycles. The molecule has 1 fully saturated rings. The third-order valence-corrected chi connectivity index (χ3v) is 9.15. The molecule has 1 aliphatic carbocycles. The first-order chi connectivity index (χ1) is 22.9. The van der Waals surface area contributed by atoms with Gasteiger partial charge in [0.25, 0.3) is 5.91 Å². The van der Waals surface area contributed by atoms with Crippen LogP contribution in [0.4, 0.5) is 11.4 Å². The first kappa shape index (κ1) is 30.2. The minimum absolute atomic E-state index is 0.118. The number of carbonyl (C=O) groups is 1. The van der Waals surface area contributed by atoms with Gasteiger partial charge in [-0.1, -0.05) is 54.6 Å². The molecule has 2 atom stereocenters. The van der Waals surface area contributed by atoms with Gasteiger partial charge in [0.1, 0.15) is 0 Å². The molecule has 7 rings (SSSR count). The molecule has 2 unspecified atom stereocenters. The second-order valence-corrected chi connectivity index (χ2v) is 12.7. The number of nitrogens with zero attached hydrogens (tertiary/aromatic N) is 5. The number of allylic oxidation sites excluding steroid dienone is 1. The first-order valence-corrected chi connectivity index (χ1v) is 16.1. The Morgan fingerprint density at radius 3 is 2.13 bits per heavy atom. The highest BCUT2D eigenvalue weighted by Crippen LogP contribution is 2.45. The number of amides is 1. The number of hydrogen-bond acceptors (Lipinski definition) is 6. The summed E-state index contributed by atoms with van der Waals surface area (Å²) in [6.45, 7) is 0. The number of aromatic nitrogens is 1. The number of hydrogen-bond donors (Lipinski definition) is 0. The highest BCUT2D eigenvalue weighted by Gasteiger charge is 2.44. The first-order valence-electron chi connectivity index (χ1n) is 16.1. The second-order valence-electron chi connectivity index (χ2n) is 12.7. The zero-order valence-electron chi connectivity index (χ0n) is 27.3. The van der Waals surface area contributed by atoms with Crippen LogP contribution in [-0.4, -0.2) is 49.8 Å². The third kappa shape index (κ3) is 6.09. The Hall–Kier alpha value is -5.43. The Morgan fingerprint density at radius 2 is 1.47 bits per heavy atom. The van der Waals surface area contributed by atoms with E-state index in [0.29, 0.717) is 17.2 Å². The number of anilines is 2. The van der Waals surface area contributed by atoms with Crippen molar-refractivity contribution < 1.29 is 9.21 Å². The molecular weight excluding hydrogens is 582 g/mol. The van der Waals surface area contributed by atoms with Crippen LogP contribution in [0.5, 0.6) is 0 Å². The van der Waals surface area contributed by atoms with Gasteiger partial charge in [-0.3, -0.25) is 4.79 Å². The van der Waals surface area contributed by atoms with Gasteiger partial charge in [0.05, 0.1) is 18.0 Å². The van der Waals surface area contributed by atoms with E-state index in [1.165, 1.54) is 5.57 Å². The average molecular weight is 622 g/mol. The van der Waals surface area contributed by atoms with Crippen LogP contribution in [0.1, 0.15) is 46.8 Å². The smallest absolute Gasteiger partial charge is 0.274 e. The lowest BCUT2D eigenvalue weighted by Crippen LogP contribution is -2.32. The van der Waals surface area contributed by atoms with E-state index in [4.69, 9.17) is 9.52 Å². The van der Waals surface area contributed by atoms with Crippen LogP contribution in [0.2, 0.25) is 0 Å². The molecule has 236 valence electrons. The van der Waals surface area contributed by atoms with Gasteiger partial charge in [0.15, 0.2) is 5.76 Å². The largest absolute Gasteiger partial charge is 0.436 e. The van der Waals surface area contributed by atoms with Crippen LogP contribution >= 0.6 is 0 Å². The number of hydrazone groups is 1. The molecule has 0 bridgehead atoms. The fraction of sp³-hybridized carbons (Fsp3) is 0.225. The quantitative estimate of drug-likeness (QED) is 0.182. The summed E-state index contributed by atoms with van der Waals surface area (Å²) in [4.78, 5) is 23.0. The van der Waals surface area contributed by atoms with Gasteiger partial charge in [-0.05, 0) is 90.6 Å². The molecule has 7 heteroatoms. The van der Waals surface area contributed by atoms with E-state index < -0.39 is 0 Å². The van der Waals surface area contributed by atoms with E-state index in [0.717, 1.165) is 58.6 Å². The van der Waals surface area contributed by atoms with E-state index in [-0.39, 0.29) is 17.9 Å². The standard InChI is InChI=1S/C40H39N5O2/c1-43(2)33-21-13-27(14-22-33)25-32-11-8-12-35-37(32)42-45(38(35)29-19-23-34(24-20-29)44(3)4)40(46)31-17-15-30(16-18-31)39-41-26-36(47-39)28-9-6-5-7-10-28/h5-7,9-10,13-26,35,38H,8,11-12H2,1-4H3. The van der Waals surface area contributed by atoms with Crippen molar-refractivity contribution in [3.8, 4) is 22.8 Å². The number of carbonyl (C=O) groups excluding carboxylic acids is 1. The normalized spacial score (nSPS) is 18.2. The Balaban J connectivity index is 1.21. The van der Waals surface area contributed by atoms with Gasteiger partial charge >= 0.3 is 0 Å². The van der Waals surface area contributed by atoms with Crippen molar-refractivity contribution in [1.29, 1.82) is 0 Å². The maximum Gasteiger partial charge on any atom is 0.274 e. The summed E-state index contributed by atoms with van der Waals surface area (Å²) < 4.78 is 6.06. The lowest BCUT2D eigenvalue weighted by atomic mass is 9.77. The van der Waals surface area contributed by atoms with E-state index >= 15 is 0 Å². The lowest BCUT2D eigenvalue weighted by molar-refractivity contribution is 0.0681. The summed E-state index contributed by atoms with van der Waals surface area (Å²) in [5.41, 5.74) is 9.10. The van der Waals surface area contributed by atoms with Crippen molar-refractivity contribution >= 4 is 29.1 Å². The fourth-order valence-electron chi connectivity index (χ4n) is 6.57. The minimum atomic E-state index is -0.187. The molecule has 1 amide bonds. The fourth-order valence-corrected chi connectivity index (χ4v) is 6.57. The summed E-state index contributed by atoms with van der Waals surface area (Å²) in [5, 5.41) is 6.85. The van der Waals surface area contributed by atoms with Gasteiger partial charge in [-0.2, -0.15) is 5.10 Å². The SMILES string of the molecule is CN(C)c1ccc(C=C2CCCC3C2=NN(C(=O)c2ccc(-c4ncc(-c5ccccc5)o4)cc2)C3c2ccc(N(C)C)cc2)cc1. The molecule has 7 nitrogen and oxygen atoms in total. The van der Waals surface area contributed by atoms with Crippen molar-refractivity contribution in [3.63, 3.8) is 0 Å². The van der Waals surface area contributed by atoms with Crippen molar-refractivity contribution in [2.75, 3.05) is 38.0 Å². The predicted octanol–water partition coefficient (Wildman–Crippen LogP) is 8.58. The predicted molar refractivity (Wildman–Crippen MR) is 191 cm³/mol. The minimum Gasteiger partial charge on any atom is -0.436 e. The topological polar surface area (TPSA) is 65.2 Å². The van der Waals surface area contributed by atoms with Crippen molar-refractivity contribution in [3.05, 3.63) is 132 Å². The second kappa shape index (κ2) is 12.8. The highest BCUT2D eigenvalue weighted by molar-refractivity contribution is 6.09. The van der Waals surface area contributed by atoms with E-state index in [1.54, 1.807) is 11.2 Å². The monoisotopic (exact) mass is 621 g/mol. The molecule has 1 aromatic heterocycles. The van der Waals surface area contributed by atoms with Crippen LogP contribution in [0, 0.1) is 5.92 Å². The third-order valence-electron chi connectivity index (χ3n) is 9.15. The van der Waals surface area contributed by atoms with E-state index in [9.17, 15) is 4.79 Å². The van der Waals surface area contributed by atoms with E-state index in [2.05, 4.69) is 69.4 Å². The summed E-state index contributed by atoms with van der Waals surface area (Å²) in [5.74, 6) is 1.22. The van der Waals surface area contributed by atoms with Crippen LogP contribution in [0.3, 0.4) is 0 Å². The Labute approximate surface area is 276 Å². The molecule has 1 saturated carbocycles. The molecule has 1 aliphatic heterocycles. The maximum atomic E-state index is 14.3. The molecule has 2 heterocycles. The molecule has 0 spiro atoms. The molecule has 2 aliphatic rings. The Bertz CT molecular complexity index is 1920. The van der Waals surface area contributed by atoms with Gasteiger partial charge < -0.3 is 14.2 Å². The molecule has 5 aromatic rings. The molecule has 0 N–H and O–H groups in total. The van der Waals surface area contributed by atoms with Gasteiger partial charge in [0, 0.05) is 62.2 Å². The molecule has 47 heavy (non-hydrogen) atoms.